The molecule has 0 bridgehead atoms. The topological polar surface area (TPSA) is 60.2 Å². The van der Waals surface area contributed by atoms with Gasteiger partial charge in [0.25, 0.3) is 0 Å². The van der Waals surface area contributed by atoms with Gasteiger partial charge >= 0.3 is 0 Å². The summed E-state index contributed by atoms with van der Waals surface area (Å²) in [5.41, 5.74) is 0.264. The van der Waals surface area contributed by atoms with Gasteiger partial charge in [-0.05, 0) is 44.6 Å². The molecule has 0 saturated carbocycles. The van der Waals surface area contributed by atoms with E-state index in [9.17, 15) is 14.9 Å². The molecule has 0 atom stereocenters. The van der Waals surface area contributed by atoms with E-state index in [0.29, 0.717) is 19.3 Å². The van der Waals surface area contributed by atoms with Crippen LogP contribution >= 0.6 is 0 Å². The Kier molecular flexibility index (Phi) is 17.0. The molecule has 0 amide bonds. The van der Waals surface area contributed by atoms with Crippen LogP contribution in [-0.4, -0.2) is 11.2 Å². The minimum absolute atomic E-state index is 0.264. The molecule has 0 fully saturated rings. The van der Waals surface area contributed by atoms with E-state index >= 15 is 0 Å². The highest BCUT2D eigenvalue weighted by atomic mass is 16.6. The van der Waals surface area contributed by atoms with Crippen LogP contribution in [0.5, 0.6) is 0 Å². The van der Waals surface area contributed by atoms with Gasteiger partial charge in [0.15, 0.2) is 0 Å². The SMILES string of the molecule is CC/C=C(/C/C=C/C/C=C/C/C=C/C/C=C/C/C=C/CCC=O)[N+](=O)[O-]. The lowest BCUT2D eigenvalue weighted by Crippen LogP contribution is -1.96. The van der Waals surface area contributed by atoms with Crippen LogP contribution < -0.4 is 0 Å². The molecule has 0 rings (SSSR count). The largest absolute Gasteiger partial charge is 0.303 e. The van der Waals surface area contributed by atoms with E-state index < -0.39 is 0 Å². The Bertz CT molecular complexity index is 552. The van der Waals surface area contributed by atoms with Gasteiger partial charge in [-0.1, -0.05) is 67.7 Å². The molecule has 4 heteroatoms. The summed E-state index contributed by atoms with van der Waals surface area (Å²) in [6.45, 7) is 1.90. The number of unbranched alkanes of at least 4 members (excludes halogenated alkanes) is 1. The van der Waals surface area contributed by atoms with Crippen LogP contribution in [0.25, 0.3) is 0 Å². The molecule has 4 nitrogen and oxygen atoms in total. The molecule has 0 saturated heterocycles. The van der Waals surface area contributed by atoms with Crippen molar-refractivity contribution >= 4 is 6.29 Å². The molecule has 0 aliphatic carbocycles. The van der Waals surface area contributed by atoms with Gasteiger partial charge in [0.2, 0.25) is 5.70 Å². The van der Waals surface area contributed by atoms with Gasteiger partial charge in [-0.2, -0.15) is 0 Å². The van der Waals surface area contributed by atoms with Crippen LogP contribution in [0, 0.1) is 10.1 Å². The molecule has 0 unspecified atom stereocenters. The Hall–Kier alpha value is -2.49. The number of carbonyl (C=O) groups excluding carboxylic acids is 1. The third kappa shape index (κ3) is 16.4. The van der Waals surface area contributed by atoms with Crippen molar-refractivity contribution in [1.82, 2.24) is 0 Å². The quantitative estimate of drug-likeness (QED) is 0.114. The number of allylic oxidation sites excluding steroid dienone is 11. The van der Waals surface area contributed by atoms with Crippen molar-refractivity contribution < 1.29 is 9.72 Å². The van der Waals surface area contributed by atoms with E-state index in [1.807, 2.05) is 25.2 Å². The number of nitro groups is 1. The van der Waals surface area contributed by atoms with E-state index in [2.05, 4.69) is 42.5 Å². The normalized spacial score (nSPS) is 13.2. The Morgan fingerprint density at radius 1 is 0.769 bits per heavy atom. The van der Waals surface area contributed by atoms with Gasteiger partial charge in [0.1, 0.15) is 6.29 Å². The van der Waals surface area contributed by atoms with E-state index in [-0.39, 0.29) is 10.6 Å². The maximum Gasteiger partial charge on any atom is 0.246 e. The van der Waals surface area contributed by atoms with Crippen molar-refractivity contribution in [2.45, 2.75) is 58.3 Å². The predicted octanol–water partition coefficient (Wildman–Crippen LogP) is 6.27. The monoisotopic (exact) mass is 357 g/mol. The lowest BCUT2D eigenvalue weighted by Gasteiger charge is -1.92. The minimum Gasteiger partial charge on any atom is -0.303 e. The van der Waals surface area contributed by atoms with Gasteiger partial charge in [0.05, 0.1) is 11.3 Å². The molecule has 26 heavy (non-hydrogen) atoms. The second-order valence-electron chi connectivity index (χ2n) is 5.61. The zero-order valence-electron chi connectivity index (χ0n) is 15.8. The smallest absolute Gasteiger partial charge is 0.246 e. The van der Waals surface area contributed by atoms with E-state index in [1.54, 1.807) is 6.08 Å². The van der Waals surface area contributed by atoms with Crippen LogP contribution in [0.15, 0.2) is 72.5 Å². The van der Waals surface area contributed by atoms with Gasteiger partial charge in [-0.15, -0.1) is 0 Å². The number of rotatable bonds is 15. The Labute approximate surface area is 157 Å². The summed E-state index contributed by atoms with van der Waals surface area (Å²) in [5.74, 6) is 0. The fourth-order valence-electron chi connectivity index (χ4n) is 2.04. The number of aldehydes is 1. The predicted molar refractivity (Wildman–Crippen MR) is 109 cm³/mol. The standard InChI is InChI=1S/C22H31NO3/c1-2-19-22(23(25)26)20-17-15-13-11-9-7-5-3-4-6-8-10-12-14-16-18-21-24/h3,5-6,8-9,11-12,14-15,17,19,21H,2,4,7,10,13,16,18,20H2,1H3/b5-3+,8-6+,11-9+,14-12+,17-15+,22-19-. The summed E-state index contributed by atoms with van der Waals surface area (Å²) >= 11 is 0. The highest BCUT2D eigenvalue weighted by Crippen LogP contribution is 2.05. The molecular weight excluding hydrogens is 326 g/mol. The zero-order valence-corrected chi connectivity index (χ0v) is 15.8. The summed E-state index contributed by atoms with van der Waals surface area (Å²) in [6.07, 6.45) is 29.2. The second kappa shape index (κ2) is 18.8. The molecule has 0 aromatic rings. The number of carbonyl (C=O) groups is 1. The van der Waals surface area contributed by atoms with E-state index in [4.69, 9.17) is 0 Å². The van der Waals surface area contributed by atoms with Crippen molar-refractivity contribution in [3.8, 4) is 0 Å². The fraction of sp³-hybridized carbons (Fsp3) is 0.409. The molecule has 0 heterocycles. The zero-order chi connectivity index (χ0) is 19.3. The van der Waals surface area contributed by atoms with Crippen molar-refractivity contribution in [3.05, 3.63) is 82.6 Å². The molecule has 0 aliphatic heterocycles. The maximum absolute atomic E-state index is 10.8. The van der Waals surface area contributed by atoms with Crippen LogP contribution in [-0.2, 0) is 4.79 Å². The highest BCUT2D eigenvalue weighted by Gasteiger charge is 2.05. The van der Waals surface area contributed by atoms with Crippen molar-refractivity contribution in [1.29, 1.82) is 0 Å². The highest BCUT2D eigenvalue weighted by molar-refractivity contribution is 5.49. The lowest BCUT2D eigenvalue weighted by atomic mass is 10.2. The molecule has 0 N–H and O–H groups in total. The summed E-state index contributed by atoms with van der Waals surface area (Å²) in [5, 5.41) is 10.8. The number of hydrogen-bond donors (Lipinski definition) is 0. The van der Waals surface area contributed by atoms with Crippen LogP contribution in [0.4, 0.5) is 0 Å². The molecular formula is C22H31NO3. The number of hydrogen-bond acceptors (Lipinski definition) is 3. The van der Waals surface area contributed by atoms with E-state index in [0.717, 1.165) is 38.4 Å². The molecule has 142 valence electrons. The van der Waals surface area contributed by atoms with Gasteiger partial charge in [-0.25, -0.2) is 0 Å². The fourth-order valence-corrected chi connectivity index (χ4v) is 2.04. The summed E-state index contributed by atoms with van der Waals surface area (Å²) in [7, 11) is 0. The van der Waals surface area contributed by atoms with Crippen LogP contribution in [0.2, 0.25) is 0 Å². The van der Waals surface area contributed by atoms with Gasteiger partial charge in [0, 0.05) is 6.42 Å². The first-order valence-corrected chi connectivity index (χ1v) is 9.24. The molecule has 0 aromatic carbocycles. The Morgan fingerprint density at radius 2 is 1.23 bits per heavy atom. The van der Waals surface area contributed by atoms with E-state index in [1.165, 1.54) is 0 Å². The first-order chi connectivity index (χ1) is 12.7. The van der Waals surface area contributed by atoms with Crippen molar-refractivity contribution in [3.63, 3.8) is 0 Å². The Balaban J connectivity index is 3.74. The maximum atomic E-state index is 10.8. The summed E-state index contributed by atoms with van der Waals surface area (Å²) in [4.78, 5) is 20.6. The van der Waals surface area contributed by atoms with Crippen molar-refractivity contribution in [2.24, 2.45) is 0 Å². The number of nitrogens with zero attached hydrogens (tertiary/aromatic N) is 1. The average molecular weight is 357 g/mol. The Morgan fingerprint density at radius 3 is 1.65 bits per heavy atom. The van der Waals surface area contributed by atoms with Crippen LogP contribution in [0.1, 0.15) is 58.3 Å². The second-order valence-corrected chi connectivity index (χ2v) is 5.61. The third-order valence-corrected chi connectivity index (χ3v) is 3.37. The van der Waals surface area contributed by atoms with Gasteiger partial charge < -0.3 is 4.79 Å². The minimum atomic E-state index is -0.313. The summed E-state index contributed by atoms with van der Waals surface area (Å²) in [6, 6.07) is 0. The molecule has 0 aromatic heterocycles. The first-order valence-electron chi connectivity index (χ1n) is 9.24. The van der Waals surface area contributed by atoms with Crippen molar-refractivity contribution in [2.75, 3.05) is 0 Å². The summed E-state index contributed by atoms with van der Waals surface area (Å²) < 4.78 is 0. The third-order valence-electron chi connectivity index (χ3n) is 3.37. The first kappa shape index (κ1) is 23.5. The molecule has 0 spiro atoms. The molecule has 0 aliphatic rings. The van der Waals surface area contributed by atoms with Crippen LogP contribution in [0.3, 0.4) is 0 Å². The van der Waals surface area contributed by atoms with Gasteiger partial charge in [-0.3, -0.25) is 10.1 Å². The lowest BCUT2D eigenvalue weighted by molar-refractivity contribution is -0.427. The molecule has 0 radical (unpaired) electrons. The average Bonchev–Trinajstić information content (AvgIpc) is 2.63.